The van der Waals surface area contributed by atoms with Gasteiger partial charge in [-0.3, -0.25) is 4.79 Å². The van der Waals surface area contributed by atoms with Gasteiger partial charge in [-0.25, -0.2) is 0 Å². The summed E-state index contributed by atoms with van der Waals surface area (Å²) in [5.41, 5.74) is 5.60. The van der Waals surface area contributed by atoms with Gasteiger partial charge in [-0.15, -0.1) is 0 Å². The Morgan fingerprint density at radius 2 is 1.84 bits per heavy atom. The third-order valence-corrected chi connectivity index (χ3v) is 4.49. The monoisotopic (exact) mass is 269 g/mol. The van der Waals surface area contributed by atoms with Gasteiger partial charge in [-0.1, -0.05) is 33.1 Å². The molecular formula is C15H31N3O. The van der Waals surface area contributed by atoms with Gasteiger partial charge in [0.2, 0.25) is 5.91 Å². The molecule has 1 saturated carbocycles. The number of hydrogen-bond acceptors (Lipinski definition) is 3. The number of nitrogens with two attached hydrogens (primary N) is 1. The molecule has 0 aliphatic heterocycles. The highest BCUT2D eigenvalue weighted by atomic mass is 16.2. The lowest BCUT2D eigenvalue weighted by Gasteiger charge is -2.36. The second kappa shape index (κ2) is 7.85. The van der Waals surface area contributed by atoms with Gasteiger partial charge in [0, 0.05) is 19.1 Å². The zero-order valence-corrected chi connectivity index (χ0v) is 12.9. The maximum absolute atomic E-state index is 12.5. The van der Waals surface area contributed by atoms with Crippen LogP contribution >= 0.6 is 0 Å². The highest BCUT2D eigenvalue weighted by Gasteiger charge is 2.38. The summed E-state index contributed by atoms with van der Waals surface area (Å²) in [4.78, 5) is 14.8. The van der Waals surface area contributed by atoms with E-state index in [9.17, 15) is 4.79 Å². The van der Waals surface area contributed by atoms with E-state index in [1.54, 1.807) is 0 Å². The first-order valence-corrected chi connectivity index (χ1v) is 7.81. The first kappa shape index (κ1) is 16.4. The van der Waals surface area contributed by atoms with Crippen LogP contribution < -0.4 is 11.1 Å². The van der Waals surface area contributed by atoms with E-state index in [1.807, 2.05) is 0 Å². The summed E-state index contributed by atoms with van der Waals surface area (Å²) in [5.74, 6) is 0.175. The summed E-state index contributed by atoms with van der Waals surface area (Å²) in [6.45, 7) is 9.85. The molecule has 1 rings (SSSR count). The molecular weight excluding hydrogens is 238 g/mol. The van der Waals surface area contributed by atoms with Crippen molar-refractivity contribution in [1.29, 1.82) is 0 Å². The Balaban J connectivity index is 2.52. The Labute approximate surface area is 118 Å². The number of nitrogens with one attached hydrogen (secondary N) is 1. The minimum atomic E-state index is -0.296. The maximum Gasteiger partial charge on any atom is 0.227 e. The number of rotatable bonds is 7. The topological polar surface area (TPSA) is 58.4 Å². The molecule has 0 bridgehead atoms. The summed E-state index contributed by atoms with van der Waals surface area (Å²) in [5, 5.41) is 3.18. The van der Waals surface area contributed by atoms with Gasteiger partial charge in [0.25, 0.3) is 0 Å². The average Bonchev–Trinajstić information content (AvgIpc) is 2.45. The van der Waals surface area contributed by atoms with E-state index < -0.39 is 0 Å². The summed E-state index contributed by atoms with van der Waals surface area (Å²) in [6, 6.07) is 0.192. The zero-order valence-electron chi connectivity index (χ0n) is 12.9. The summed E-state index contributed by atoms with van der Waals surface area (Å²) < 4.78 is 0. The van der Waals surface area contributed by atoms with Crippen LogP contribution in [0.15, 0.2) is 0 Å². The SMILES string of the molecule is CCN(CC)CC(C)NC(=O)C1(CN)CCCCC1. The van der Waals surface area contributed by atoms with Gasteiger partial charge in [-0.05, 0) is 32.9 Å². The van der Waals surface area contributed by atoms with Crippen molar-refractivity contribution in [2.24, 2.45) is 11.1 Å². The Morgan fingerprint density at radius 3 is 2.32 bits per heavy atom. The first-order chi connectivity index (χ1) is 9.07. The molecule has 1 amide bonds. The smallest absolute Gasteiger partial charge is 0.227 e. The lowest BCUT2D eigenvalue weighted by Crippen LogP contribution is -2.51. The van der Waals surface area contributed by atoms with Gasteiger partial charge in [-0.2, -0.15) is 0 Å². The highest BCUT2D eigenvalue weighted by molar-refractivity contribution is 5.83. The van der Waals surface area contributed by atoms with Crippen molar-refractivity contribution in [1.82, 2.24) is 10.2 Å². The van der Waals surface area contributed by atoms with Gasteiger partial charge in [0.05, 0.1) is 5.41 Å². The number of nitrogens with zero attached hydrogens (tertiary/aromatic N) is 1. The molecule has 1 atom stereocenters. The van der Waals surface area contributed by atoms with Gasteiger partial charge < -0.3 is 16.0 Å². The molecule has 0 spiro atoms. The number of carbonyl (C=O) groups excluding carboxylic acids is 1. The normalized spacial score (nSPS) is 20.3. The molecule has 3 N–H and O–H groups in total. The van der Waals surface area contributed by atoms with Gasteiger partial charge in [0.15, 0.2) is 0 Å². The maximum atomic E-state index is 12.5. The quantitative estimate of drug-likeness (QED) is 0.740. The molecule has 1 unspecified atom stereocenters. The minimum Gasteiger partial charge on any atom is -0.352 e. The van der Waals surface area contributed by atoms with Crippen LogP contribution in [0.25, 0.3) is 0 Å². The van der Waals surface area contributed by atoms with Crippen molar-refractivity contribution < 1.29 is 4.79 Å². The van der Waals surface area contributed by atoms with E-state index in [-0.39, 0.29) is 17.4 Å². The third-order valence-electron chi connectivity index (χ3n) is 4.49. The third kappa shape index (κ3) is 4.46. The molecule has 4 nitrogen and oxygen atoms in total. The van der Waals surface area contributed by atoms with Crippen molar-refractivity contribution in [3.63, 3.8) is 0 Å². The van der Waals surface area contributed by atoms with E-state index in [1.165, 1.54) is 6.42 Å². The van der Waals surface area contributed by atoms with Crippen LogP contribution in [-0.2, 0) is 4.79 Å². The van der Waals surface area contributed by atoms with Crippen LogP contribution in [-0.4, -0.2) is 43.0 Å². The Hall–Kier alpha value is -0.610. The van der Waals surface area contributed by atoms with Crippen molar-refractivity contribution >= 4 is 5.91 Å². The fourth-order valence-corrected chi connectivity index (χ4v) is 3.04. The number of carbonyl (C=O) groups is 1. The van der Waals surface area contributed by atoms with Gasteiger partial charge in [0.1, 0.15) is 0 Å². The molecule has 4 heteroatoms. The van der Waals surface area contributed by atoms with E-state index in [0.717, 1.165) is 45.3 Å². The van der Waals surface area contributed by atoms with Crippen molar-refractivity contribution in [3.05, 3.63) is 0 Å². The predicted molar refractivity (Wildman–Crippen MR) is 80.0 cm³/mol. The van der Waals surface area contributed by atoms with Gasteiger partial charge >= 0.3 is 0 Å². The van der Waals surface area contributed by atoms with E-state index in [0.29, 0.717) is 6.54 Å². The van der Waals surface area contributed by atoms with E-state index in [4.69, 9.17) is 5.73 Å². The van der Waals surface area contributed by atoms with Crippen LogP contribution in [0.5, 0.6) is 0 Å². The van der Waals surface area contributed by atoms with Crippen molar-refractivity contribution in [2.75, 3.05) is 26.2 Å². The fraction of sp³-hybridized carbons (Fsp3) is 0.933. The summed E-state index contributed by atoms with van der Waals surface area (Å²) in [6.07, 6.45) is 5.41. The number of hydrogen-bond donors (Lipinski definition) is 2. The lowest BCUT2D eigenvalue weighted by molar-refractivity contribution is -0.133. The van der Waals surface area contributed by atoms with Crippen molar-refractivity contribution in [2.45, 2.75) is 58.9 Å². The number of likely N-dealkylation sites (N-methyl/N-ethyl adjacent to an activating group) is 1. The highest BCUT2D eigenvalue weighted by Crippen LogP contribution is 2.35. The second-order valence-corrected chi connectivity index (χ2v) is 5.91. The Bertz CT molecular complexity index is 271. The minimum absolute atomic E-state index is 0.175. The van der Waals surface area contributed by atoms with Crippen LogP contribution in [0.3, 0.4) is 0 Å². The largest absolute Gasteiger partial charge is 0.352 e. The van der Waals surface area contributed by atoms with E-state index >= 15 is 0 Å². The molecule has 0 radical (unpaired) electrons. The molecule has 0 aromatic carbocycles. The van der Waals surface area contributed by atoms with Crippen LogP contribution in [0.4, 0.5) is 0 Å². The van der Waals surface area contributed by atoms with Crippen LogP contribution in [0.1, 0.15) is 52.9 Å². The zero-order chi connectivity index (χ0) is 14.3. The molecule has 1 aliphatic carbocycles. The molecule has 0 saturated heterocycles. The molecule has 112 valence electrons. The van der Waals surface area contributed by atoms with Crippen LogP contribution in [0.2, 0.25) is 0 Å². The molecule has 1 aliphatic rings. The molecule has 0 heterocycles. The Morgan fingerprint density at radius 1 is 1.26 bits per heavy atom. The standard InChI is InChI=1S/C15H31N3O/c1-4-18(5-2)11-13(3)17-14(19)15(12-16)9-7-6-8-10-15/h13H,4-12,16H2,1-3H3,(H,17,19). The molecule has 0 aromatic rings. The van der Waals surface area contributed by atoms with Crippen LogP contribution in [0, 0.1) is 5.41 Å². The molecule has 19 heavy (non-hydrogen) atoms. The Kier molecular flexibility index (Phi) is 6.80. The average molecular weight is 269 g/mol. The molecule has 0 aromatic heterocycles. The second-order valence-electron chi connectivity index (χ2n) is 5.91. The fourth-order valence-electron chi connectivity index (χ4n) is 3.04. The predicted octanol–water partition coefficient (Wildman–Crippen LogP) is 1.74. The first-order valence-electron chi connectivity index (χ1n) is 7.81. The summed E-state index contributed by atoms with van der Waals surface area (Å²) in [7, 11) is 0. The molecule has 1 fully saturated rings. The van der Waals surface area contributed by atoms with Crippen molar-refractivity contribution in [3.8, 4) is 0 Å². The lowest BCUT2D eigenvalue weighted by atomic mass is 9.73. The van der Waals surface area contributed by atoms with E-state index in [2.05, 4.69) is 31.0 Å². The summed E-state index contributed by atoms with van der Waals surface area (Å²) >= 11 is 0. The number of amides is 1.